The van der Waals surface area contributed by atoms with Gasteiger partial charge in [0.05, 0.1) is 36.0 Å². The van der Waals surface area contributed by atoms with Gasteiger partial charge in [0.2, 0.25) is 0 Å². The van der Waals surface area contributed by atoms with E-state index in [2.05, 4.69) is 76.6 Å². The first-order valence-electron chi connectivity index (χ1n) is 10.7. The molecule has 2 aliphatic rings. The van der Waals surface area contributed by atoms with Crippen LogP contribution in [0.3, 0.4) is 0 Å². The van der Waals surface area contributed by atoms with E-state index in [0.717, 1.165) is 44.4 Å². The van der Waals surface area contributed by atoms with Crippen molar-refractivity contribution in [3.05, 3.63) is 52.0 Å². The van der Waals surface area contributed by atoms with Gasteiger partial charge in [-0.15, -0.1) is 11.3 Å². The summed E-state index contributed by atoms with van der Waals surface area (Å²) in [7, 11) is 1.86. The normalized spacial score (nSPS) is 22.9. The molecule has 6 nitrogen and oxygen atoms in total. The Kier molecular flexibility index (Phi) is 6.41. The second-order valence-electron chi connectivity index (χ2n) is 9.13. The predicted octanol–water partition coefficient (Wildman–Crippen LogP) is 3.10. The Labute approximate surface area is 184 Å². The number of ether oxygens (including phenoxy) is 1. The van der Waals surface area contributed by atoms with Gasteiger partial charge < -0.3 is 15.0 Å². The van der Waals surface area contributed by atoms with Crippen LogP contribution in [0.5, 0.6) is 0 Å². The van der Waals surface area contributed by atoms with E-state index in [-0.39, 0.29) is 11.5 Å². The van der Waals surface area contributed by atoms with Crippen molar-refractivity contribution in [1.29, 1.82) is 0 Å². The molecule has 2 fully saturated rings. The van der Waals surface area contributed by atoms with Crippen LogP contribution >= 0.6 is 11.3 Å². The number of nitrogens with one attached hydrogen (secondary N) is 1. The van der Waals surface area contributed by atoms with Crippen LogP contribution in [0.15, 0.2) is 40.7 Å². The highest BCUT2D eigenvalue weighted by Gasteiger charge is 2.41. The molecule has 0 radical (unpaired) electrons. The molecule has 0 bridgehead atoms. The summed E-state index contributed by atoms with van der Waals surface area (Å²) >= 11 is 1.73. The first kappa shape index (κ1) is 21.3. The second-order valence-corrected chi connectivity index (χ2v) is 9.99. The molecular weight excluding hydrogens is 394 g/mol. The Morgan fingerprint density at radius 2 is 2.07 bits per heavy atom. The third kappa shape index (κ3) is 4.85. The van der Waals surface area contributed by atoms with Crippen molar-refractivity contribution in [2.75, 3.05) is 33.3 Å². The zero-order valence-corrected chi connectivity index (χ0v) is 19.3. The zero-order chi connectivity index (χ0) is 21.1. The molecule has 2 unspecified atom stereocenters. The average molecular weight is 428 g/mol. The molecule has 0 spiro atoms. The standard InChI is InChI=1S/C23H33N5OS/c1-23(2,3)21-26-18(16-30-21)12-25-22(24-4)28-14-19-20(15-28)29-11-10-27(19)13-17-8-6-5-7-9-17/h5-9,16,19-20H,10-15H2,1-4H3,(H,24,25). The van der Waals surface area contributed by atoms with E-state index in [9.17, 15) is 0 Å². The number of aliphatic imine (C=N–C) groups is 1. The molecule has 1 aromatic heterocycles. The van der Waals surface area contributed by atoms with Crippen molar-refractivity contribution in [1.82, 2.24) is 20.1 Å². The highest BCUT2D eigenvalue weighted by molar-refractivity contribution is 7.09. The first-order chi connectivity index (χ1) is 14.4. The fourth-order valence-corrected chi connectivity index (χ4v) is 5.09. The Balaban J connectivity index is 1.37. The van der Waals surface area contributed by atoms with Gasteiger partial charge in [-0.1, -0.05) is 51.1 Å². The van der Waals surface area contributed by atoms with E-state index < -0.39 is 0 Å². The van der Waals surface area contributed by atoms with Gasteiger partial charge in [-0.05, 0) is 5.56 Å². The monoisotopic (exact) mass is 427 g/mol. The summed E-state index contributed by atoms with van der Waals surface area (Å²) in [5.74, 6) is 0.929. The minimum Gasteiger partial charge on any atom is -0.373 e. The Morgan fingerprint density at radius 1 is 1.27 bits per heavy atom. The van der Waals surface area contributed by atoms with Gasteiger partial charge in [0.15, 0.2) is 5.96 Å². The second kappa shape index (κ2) is 9.04. The zero-order valence-electron chi connectivity index (χ0n) is 18.5. The summed E-state index contributed by atoms with van der Waals surface area (Å²) in [6.45, 7) is 11.9. The van der Waals surface area contributed by atoms with Gasteiger partial charge in [-0.2, -0.15) is 0 Å². The number of thiazole rings is 1. The van der Waals surface area contributed by atoms with Crippen LogP contribution in [-0.4, -0.2) is 66.2 Å². The number of fused-ring (bicyclic) bond motifs is 1. The van der Waals surface area contributed by atoms with Crippen LogP contribution in [0.2, 0.25) is 0 Å². The smallest absolute Gasteiger partial charge is 0.194 e. The summed E-state index contributed by atoms with van der Waals surface area (Å²) in [5.41, 5.74) is 2.52. The van der Waals surface area contributed by atoms with Crippen LogP contribution in [-0.2, 0) is 23.2 Å². The Morgan fingerprint density at radius 3 is 2.77 bits per heavy atom. The fraction of sp³-hybridized carbons (Fsp3) is 0.565. The van der Waals surface area contributed by atoms with Crippen LogP contribution < -0.4 is 5.32 Å². The maximum Gasteiger partial charge on any atom is 0.194 e. The molecule has 2 atom stereocenters. The number of aromatic nitrogens is 1. The molecule has 0 saturated carbocycles. The predicted molar refractivity (Wildman–Crippen MR) is 123 cm³/mol. The quantitative estimate of drug-likeness (QED) is 0.600. The molecule has 30 heavy (non-hydrogen) atoms. The number of benzene rings is 1. The number of likely N-dealkylation sites (tertiary alicyclic amines) is 1. The molecule has 7 heteroatoms. The summed E-state index contributed by atoms with van der Waals surface area (Å²) in [6, 6.07) is 11.1. The molecule has 1 N–H and O–H groups in total. The lowest BCUT2D eigenvalue weighted by Gasteiger charge is -2.36. The Bertz CT molecular complexity index is 860. The van der Waals surface area contributed by atoms with E-state index in [0.29, 0.717) is 12.6 Å². The van der Waals surface area contributed by atoms with Crippen molar-refractivity contribution in [2.45, 2.75) is 51.4 Å². The maximum atomic E-state index is 6.12. The SMILES string of the molecule is CN=C(NCc1csc(C(C)(C)C)n1)N1CC2OCCN(Cc3ccccc3)C2C1. The van der Waals surface area contributed by atoms with Crippen LogP contribution in [0.4, 0.5) is 0 Å². The number of hydrogen-bond acceptors (Lipinski definition) is 5. The fourth-order valence-electron chi connectivity index (χ4n) is 4.18. The first-order valence-corrected chi connectivity index (χ1v) is 11.6. The summed E-state index contributed by atoms with van der Waals surface area (Å²) in [4.78, 5) is 14.2. The minimum atomic E-state index is 0.0921. The molecule has 2 aromatic rings. The minimum absolute atomic E-state index is 0.0921. The number of morpholine rings is 1. The summed E-state index contributed by atoms with van der Waals surface area (Å²) in [6.07, 6.45) is 0.229. The lowest BCUT2D eigenvalue weighted by atomic mass is 9.98. The lowest BCUT2D eigenvalue weighted by Crippen LogP contribution is -2.50. The largest absolute Gasteiger partial charge is 0.373 e. The molecule has 2 aliphatic heterocycles. The third-order valence-electron chi connectivity index (χ3n) is 5.78. The molecule has 162 valence electrons. The number of hydrogen-bond donors (Lipinski definition) is 1. The van der Waals surface area contributed by atoms with E-state index in [4.69, 9.17) is 9.72 Å². The van der Waals surface area contributed by atoms with Crippen molar-refractivity contribution in [3.8, 4) is 0 Å². The molecule has 0 amide bonds. The summed E-state index contributed by atoms with van der Waals surface area (Å²) in [5, 5.41) is 6.83. The number of rotatable bonds is 4. The molecule has 1 aromatic carbocycles. The van der Waals surface area contributed by atoms with Crippen molar-refractivity contribution in [3.63, 3.8) is 0 Å². The molecule has 3 heterocycles. The van der Waals surface area contributed by atoms with E-state index in [1.165, 1.54) is 10.6 Å². The van der Waals surface area contributed by atoms with E-state index in [1.54, 1.807) is 11.3 Å². The highest BCUT2D eigenvalue weighted by Crippen LogP contribution is 2.26. The van der Waals surface area contributed by atoms with Crippen molar-refractivity contribution >= 4 is 17.3 Å². The van der Waals surface area contributed by atoms with Crippen LogP contribution in [0, 0.1) is 0 Å². The van der Waals surface area contributed by atoms with E-state index >= 15 is 0 Å². The topological polar surface area (TPSA) is 53.0 Å². The van der Waals surface area contributed by atoms with Crippen molar-refractivity contribution < 1.29 is 4.74 Å². The van der Waals surface area contributed by atoms with E-state index in [1.807, 2.05) is 7.05 Å². The maximum absolute atomic E-state index is 6.12. The third-order valence-corrected chi connectivity index (χ3v) is 7.09. The molecular formula is C23H33N5OS. The Hall–Kier alpha value is -1.96. The van der Waals surface area contributed by atoms with Gasteiger partial charge in [-0.3, -0.25) is 9.89 Å². The van der Waals surface area contributed by atoms with Crippen molar-refractivity contribution in [2.24, 2.45) is 4.99 Å². The van der Waals surface area contributed by atoms with Gasteiger partial charge in [-0.25, -0.2) is 4.98 Å². The van der Waals surface area contributed by atoms with Gasteiger partial charge in [0.25, 0.3) is 0 Å². The average Bonchev–Trinajstić information content (AvgIpc) is 3.37. The van der Waals surface area contributed by atoms with Crippen LogP contribution in [0.25, 0.3) is 0 Å². The molecule has 4 rings (SSSR count). The number of guanidine groups is 1. The van der Waals surface area contributed by atoms with Gasteiger partial charge >= 0.3 is 0 Å². The highest BCUT2D eigenvalue weighted by atomic mass is 32.1. The molecule has 0 aliphatic carbocycles. The number of nitrogens with zero attached hydrogens (tertiary/aromatic N) is 4. The molecule has 2 saturated heterocycles. The lowest BCUT2D eigenvalue weighted by molar-refractivity contribution is -0.0502. The van der Waals surface area contributed by atoms with Gasteiger partial charge in [0, 0.05) is 44.0 Å². The van der Waals surface area contributed by atoms with Gasteiger partial charge in [0.1, 0.15) is 0 Å². The van der Waals surface area contributed by atoms with Crippen LogP contribution in [0.1, 0.15) is 37.0 Å². The summed E-state index contributed by atoms with van der Waals surface area (Å²) < 4.78 is 6.12.